The van der Waals surface area contributed by atoms with Crippen molar-refractivity contribution < 1.29 is 9.53 Å². The van der Waals surface area contributed by atoms with Crippen LogP contribution in [0.3, 0.4) is 0 Å². The molecule has 0 bridgehead atoms. The van der Waals surface area contributed by atoms with Crippen LogP contribution in [-0.2, 0) is 9.53 Å². The molecule has 1 unspecified atom stereocenters. The van der Waals surface area contributed by atoms with E-state index < -0.39 is 0 Å². The van der Waals surface area contributed by atoms with Crippen LogP contribution in [0.5, 0.6) is 0 Å². The maximum absolute atomic E-state index is 12.2. The van der Waals surface area contributed by atoms with E-state index in [4.69, 9.17) is 10.5 Å². The number of rotatable bonds is 5. The SMILES string of the molecule is C=CC(=O)N1CC(n2nc(I)c3c(N)ncnc32)C[C@@H]1CCOC. The van der Waals surface area contributed by atoms with Crippen molar-refractivity contribution in [2.75, 3.05) is 26.0 Å². The molecule has 2 atom stereocenters. The molecule has 1 aliphatic heterocycles. The number of carbonyl (C=O) groups is 1. The molecule has 0 saturated carbocycles. The molecule has 1 saturated heterocycles. The minimum Gasteiger partial charge on any atom is -0.385 e. The molecule has 0 aliphatic carbocycles. The van der Waals surface area contributed by atoms with E-state index in [9.17, 15) is 4.79 Å². The Morgan fingerprint density at radius 2 is 2.38 bits per heavy atom. The topological polar surface area (TPSA) is 99.2 Å². The predicted octanol–water partition coefficient (Wildman–Crippen LogP) is 1.38. The van der Waals surface area contributed by atoms with Gasteiger partial charge in [-0.15, -0.1) is 0 Å². The molecule has 8 nitrogen and oxygen atoms in total. The minimum atomic E-state index is -0.0705. The van der Waals surface area contributed by atoms with Crippen LogP contribution in [0.25, 0.3) is 11.0 Å². The summed E-state index contributed by atoms with van der Waals surface area (Å²) in [6, 6.07) is 0.132. The lowest BCUT2D eigenvalue weighted by atomic mass is 10.1. The Bertz CT molecular complexity index is 777. The summed E-state index contributed by atoms with van der Waals surface area (Å²) in [5, 5.41) is 5.36. The Morgan fingerprint density at radius 3 is 3.08 bits per heavy atom. The highest BCUT2D eigenvalue weighted by atomic mass is 127. The molecule has 1 amide bonds. The first-order chi connectivity index (χ1) is 11.6. The fourth-order valence-corrected chi connectivity index (χ4v) is 3.94. The zero-order chi connectivity index (χ0) is 17.3. The van der Waals surface area contributed by atoms with Crippen molar-refractivity contribution >= 4 is 45.3 Å². The Hall–Kier alpha value is -1.75. The van der Waals surface area contributed by atoms with Gasteiger partial charge in [-0.3, -0.25) is 4.79 Å². The molecule has 0 radical (unpaired) electrons. The lowest BCUT2D eigenvalue weighted by Gasteiger charge is -2.22. The number of halogens is 1. The minimum absolute atomic E-state index is 0.0380. The second-order valence-corrected chi connectivity index (χ2v) is 6.73. The number of aromatic nitrogens is 4. The van der Waals surface area contributed by atoms with E-state index in [2.05, 4.69) is 44.2 Å². The van der Waals surface area contributed by atoms with E-state index in [0.717, 1.165) is 21.9 Å². The number of nitrogen functional groups attached to an aromatic ring is 1. The van der Waals surface area contributed by atoms with E-state index in [0.29, 0.717) is 24.6 Å². The average Bonchev–Trinajstić information content (AvgIpc) is 3.14. The van der Waals surface area contributed by atoms with Gasteiger partial charge in [0, 0.05) is 26.3 Å². The van der Waals surface area contributed by atoms with Gasteiger partial charge in [0.15, 0.2) is 5.65 Å². The third-order valence-electron chi connectivity index (χ3n) is 4.33. The molecular formula is C15H19IN6O2. The van der Waals surface area contributed by atoms with Gasteiger partial charge >= 0.3 is 0 Å². The van der Waals surface area contributed by atoms with Crippen molar-refractivity contribution in [2.45, 2.75) is 24.9 Å². The number of methoxy groups -OCH3 is 1. The molecule has 1 fully saturated rings. The van der Waals surface area contributed by atoms with Gasteiger partial charge in [0.25, 0.3) is 0 Å². The molecule has 2 N–H and O–H groups in total. The quantitative estimate of drug-likeness (QED) is 0.555. The van der Waals surface area contributed by atoms with E-state index in [1.807, 2.05) is 9.58 Å². The van der Waals surface area contributed by atoms with Crippen LogP contribution in [-0.4, -0.2) is 56.9 Å². The normalized spacial score (nSPS) is 20.7. The summed E-state index contributed by atoms with van der Waals surface area (Å²) >= 11 is 2.14. The summed E-state index contributed by atoms with van der Waals surface area (Å²) in [7, 11) is 1.66. The van der Waals surface area contributed by atoms with Gasteiger partial charge in [-0.25, -0.2) is 14.6 Å². The maximum Gasteiger partial charge on any atom is 0.246 e. The number of amides is 1. The van der Waals surface area contributed by atoms with Crippen LogP contribution < -0.4 is 5.73 Å². The molecule has 9 heteroatoms. The first-order valence-electron chi connectivity index (χ1n) is 7.63. The first kappa shape index (κ1) is 17.1. The summed E-state index contributed by atoms with van der Waals surface area (Å²) in [5.74, 6) is 0.350. The van der Waals surface area contributed by atoms with Crippen molar-refractivity contribution in [1.82, 2.24) is 24.6 Å². The molecule has 0 aromatic carbocycles. The Kier molecular flexibility index (Phi) is 4.99. The lowest BCUT2D eigenvalue weighted by Crippen LogP contribution is -2.35. The van der Waals surface area contributed by atoms with Crippen LogP contribution in [0.2, 0.25) is 0 Å². The third kappa shape index (κ3) is 2.97. The van der Waals surface area contributed by atoms with Crippen molar-refractivity contribution in [3.63, 3.8) is 0 Å². The fraction of sp³-hybridized carbons (Fsp3) is 0.467. The average molecular weight is 442 g/mol. The van der Waals surface area contributed by atoms with Gasteiger partial charge in [0.1, 0.15) is 15.8 Å². The number of hydrogen-bond donors (Lipinski definition) is 1. The second-order valence-electron chi connectivity index (χ2n) is 5.71. The Labute approximate surface area is 153 Å². The van der Waals surface area contributed by atoms with Gasteiger partial charge in [-0.05, 0) is 41.5 Å². The van der Waals surface area contributed by atoms with E-state index in [1.165, 1.54) is 12.4 Å². The van der Waals surface area contributed by atoms with E-state index in [1.54, 1.807) is 7.11 Å². The predicted molar refractivity (Wildman–Crippen MR) is 98.3 cm³/mol. The molecule has 24 heavy (non-hydrogen) atoms. The third-order valence-corrected chi connectivity index (χ3v) is 5.08. The molecule has 1 aliphatic rings. The molecule has 2 aromatic heterocycles. The number of likely N-dealkylation sites (tertiary alicyclic amines) is 1. The standard InChI is InChI=1S/C15H19IN6O2/c1-3-11(23)21-7-10(6-9(21)4-5-24-2)22-15-12(13(16)20-22)14(17)18-8-19-15/h3,8-10H,1,4-7H2,2H3,(H2,17,18,19)/t9-,10?/m0/s1. The molecule has 3 heterocycles. The van der Waals surface area contributed by atoms with Crippen LogP contribution in [0, 0.1) is 3.70 Å². The molecule has 128 valence electrons. The summed E-state index contributed by atoms with van der Waals surface area (Å²) in [4.78, 5) is 22.4. The zero-order valence-electron chi connectivity index (χ0n) is 13.4. The molecular weight excluding hydrogens is 423 g/mol. The van der Waals surface area contributed by atoms with Crippen LogP contribution >= 0.6 is 22.6 Å². The number of fused-ring (bicyclic) bond motifs is 1. The Balaban J connectivity index is 1.94. The number of nitrogens with zero attached hydrogens (tertiary/aromatic N) is 5. The van der Waals surface area contributed by atoms with Gasteiger partial charge in [-0.2, -0.15) is 5.10 Å². The highest BCUT2D eigenvalue weighted by Gasteiger charge is 2.36. The highest BCUT2D eigenvalue weighted by Crippen LogP contribution is 2.33. The number of ether oxygens (including phenoxy) is 1. The van der Waals surface area contributed by atoms with E-state index >= 15 is 0 Å². The summed E-state index contributed by atoms with van der Waals surface area (Å²) in [5.41, 5.74) is 6.66. The maximum atomic E-state index is 12.2. The van der Waals surface area contributed by atoms with Crippen molar-refractivity contribution in [3.05, 3.63) is 22.7 Å². The van der Waals surface area contributed by atoms with Gasteiger partial charge in [-0.1, -0.05) is 6.58 Å². The van der Waals surface area contributed by atoms with Crippen LogP contribution in [0.4, 0.5) is 5.82 Å². The van der Waals surface area contributed by atoms with Crippen molar-refractivity contribution in [2.24, 2.45) is 0 Å². The smallest absolute Gasteiger partial charge is 0.246 e. The van der Waals surface area contributed by atoms with Gasteiger partial charge in [0.2, 0.25) is 5.91 Å². The summed E-state index contributed by atoms with van der Waals surface area (Å²) < 4.78 is 7.80. The molecule has 2 aromatic rings. The number of carbonyl (C=O) groups excluding carboxylic acids is 1. The van der Waals surface area contributed by atoms with Crippen LogP contribution in [0.1, 0.15) is 18.9 Å². The second kappa shape index (κ2) is 7.01. The van der Waals surface area contributed by atoms with Crippen molar-refractivity contribution in [3.8, 4) is 0 Å². The van der Waals surface area contributed by atoms with Crippen LogP contribution in [0.15, 0.2) is 19.0 Å². The highest BCUT2D eigenvalue weighted by molar-refractivity contribution is 14.1. The fourth-order valence-electron chi connectivity index (χ4n) is 3.19. The largest absolute Gasteiger partial charge is 0.385 e. The molecule has 3 rings (SSSR count). The van der Waals surface area contributed by atoms with Gasteiger partial charge < -0.3 is 15.4 Å². The first-order valence-corrected chi connectivity index (χ1v) is 8.70. The number of nitrogens with two attached hydrogens (primary N) is 1. The Morgan fingerprint density at radius 1 is 1.58 bits per heavy atom. The monoisotopic (exact) mass is 442 g/mol. The molecule has 0 spiro atoms. The number of hydrogen-bond acceptors (Lipinski definition) is 6. The van der Waals surface area contributed by atoms with Gasteiger partial charge in [0.05, 0.1) is 11.4 Å². The number of anilines is 1. The zero-order valence-corrected chi connectivity index (χ0v) is 15.5. The summed E-state index contributed by atoms with van der Waals surface area (Å²) in [6.45, 7) is 4.77. The van der Waals surface area contributed by atoms with Crippen molar-refractivity contribution in [1.29, 1.82) is 0 Å². The van der Waals surface area contributed by atoms with E-state index in [-0.39, 0.29) is 18.0 Å². The lowest BCUT2D eigenvalue weighted by molar-refractivity contribution is -0.127. The summed E-state index contributed by atoms with van der Waals surface area (Å²) in [6.07, 6.45) is 4.36.